The zero-order valence-corrected chi connectivity index (χ0v) is 15.9. The summed E-state index contributed by atoms with van der Waals surface area (Å²) in [5.41, 5.74) is 2.51. The predicted molar refractivity (Wildman–Crippen MR) is 93.4 cm³/mol. The van der Waals surface area contributed by atoms with Crippen LogP contribution in [0.15, 0.2) is 0 Å². The number of carbonyl (C=O) groups excluding carboxylic acids is 3. The molecule has 0 aliphatic heterocycles. The Balaban J connectivity index is 4.60. The highest BCUT2D eigenvalue weighted by molar-refractivity contribution is 5.72. The smallest absolute Gasteiger partial charge is 0.408 e. The molecule has 0 saturated heterocycles. The number of alkyl carbamates (subject to hydrolysis) is 2. The molecule has 0 saturated carbocycles. The lowest BCUT2D eigenvalue weighted by Crippen LogP contribution is -2.55. The van der Waals surface area contributed by atoms with Crippen molar-refractivity contribution >= 4 is 18.1 Å². The molecule has 0 rings (SSSR count). The van der Waals surface area contributed by atoms with Crippen LogP contribution in [0, 0.1) is 0 Å². The van der Waals surface area contributed by atoms with Crippen LogP contribution in [-0.4, -0.2) is 48.6 Å². The monoisotopic (exact) mass is 360 g/mol. The Labute approximate surface area is 149 Å². The summed E-state index contributed by atoms with van der Waals surface area (Å²) in [5.74, 6) is -0.372. The van der Waals surface area contributed by atoms with Gasteiger partial charge in [0.1, 0.15) is 0 Å². The van der Waals surface area contributed by atoms with Crippen LogP contribution in [0.5, 0.6) is 0 Å². The first-order valence-corrected chi connectivity index (χ1v) is 8.76. The number of rotatable bonds is 11. The molecule has 0 aromatic heterocycles. The molecule has 9 heteroatoms. The number of hydrogen-bond donors (Lipinski definition) is 3. The molecule has 3 N–H and O–H groups in total. The zero-order valence-electron chi connectivity index (χ0n) is 15.9. The largest absolute Gasteiger partial charge is 0.429 e. The minimum absolute atomic E-state index is 0.372. The van der Waals surface area contributed by atoms with Crippen molar-refractivity contribution in [3.05, 3.63) is 0 Å². The van der Waals surface area contributed by atoms with E-state index in [4.69, 9.17) is 9.47 Å². The molecule has 0 aromatic carbocycles. The summed E-state index contributed by atoms with van der Waals surface area (Å²) in [4.78, 5) is 34.9. The van der Waals surface area contributed by atoms with Crippen LogP contribution in [0.4, 0.5) is 9.59 Å². The summed E-state index contributed by atoms with van der Waals surface area (Å²) in [6.07, 6.45) is 0.726. The Morgan fingerprint density at radius 2 is 1.28 bits per heavy atom. The van der Waals surface area contributed by atoms with Crippen molar-refractivity contribution in [2.45, 2.75) is 72.8 Å². The van der Waals surface area contributed by atoms with Crippen molar-refractivity contribution in [1.29, 1.82) is 0 Å². The normalized spacial score (nSPS) is 12.9. The fraction of sp³-hybridized carbons (Fsp3) is 0.812. The van der Waals surface area contributed by atoms with E-state index in [2.05, 4.69) is 16.1 Å². The Morgan fingerprint density at radius 1 is 0.880 bits per heavy atom. The minimum Gasteiger partial charge on any atom is -0.429 e. The van der Waals surface area contributed by atoms with Gasteiger partial charge >= 0.3 is 12.2 Å². The van der Waals surface area contributed by atoms with Gasteiger partial charge in [-0.2, -0.15) is 0 Å². The van der Waals surface area contributed by atoms with Gasteiger partial charge < -0.3 is 20.1 Å². The van der Waals surface area contributed by atoms with Crippen LogP contribution in [-0.2, 0) is 14.3 Å². The van der Waals surface area contributed by atoms with Crippen LogP contribution < -0.4 is 16.1 Å². The summed E-state index contributed by atoms with van der Waals surface area (Å²) in [5, 5.41) is 6.50. The number of carbonyl (C=O) groups is 3. The van der Waals surface area contributed by atoms with Crippen LogP contribution in [0.3, 0.4) is 0 Å². The van der Waals surface area contributed by atoms with Crippen LogP contribution in [0.25, 0.3) is 0 Å². The van der Waals surface area contributed by atoms with E-state index >= 15 is 0 Å². The van der Waals surface area contributed by atoms with Crippen LogP contribution in [0.2, 0.25) is 0 Å². The van der Waals surface area contributed by atoms with Crippen molar-refractivity contribution < 1.29 is 23.9 Å². The molecule has 9 nitrogen and oxygen atoms in total. The lowest BCUT2D eigenvalue weighted by Gasteiger charge is -2.32. The van der Waals surface area contributed by atoms with E-state index in [0.29, 0.717) is 13.1 Å². The van der Waals surface area contributed by atoms with E-state index in [1.165, 1.54) is 11.9 Å². The second-order valence-electron chi connectivity index (χ2n) is 5.65. The van der Waals surface area contributed by atoms with Crippen molar-refractivity contribution in [3.8, 4) is 0 Å². The quantitative estimate of drug-likeness (QED) is 0.296. The third-order valence-corrected chi connectivity index (χ3v) is 3.22. The van der Waals surface area contributed by atoms with Gasteiger partial charge in [-0.3, -0.25) is 10.2 Å². The van der Waals surface area contributed by atoms with E-state index in [1.807, 2.05) is 13.8 Å². The molecule has 146 valence electrons. The Kier molecular flexibility index (Phi) is 12.2. The molecule has 25 heavy (non-hydrogen) atoms. The molecule has 0 aliphatic rings. The Morgan fingerprint density at radius 3 is 1.60 bits per heavy atom. The summed E-state index contributed by atoms with van der Waals surface area (Å²) < 4.78 is 10.4. The van der Waals surface area contributed by atoms with Gasteiger partial charge in [0, 0.05) is 20.0 Å². The molecule has 2 atom stereocenters. The fourth-order valence-corrected chi connectivity index (χ4v) is 1.90. The first-order chi connectivity index (χ1) is 11.8. The average molecular weight is 360 g/mol. The lowest BCUT2D eigenvalue weighted by molar-refractivity contribution is -0.148. The first kappa shape index (κ1) is 23.0. The summed E-state index contributed by atoms with van der Waals surface area (Å²) in [7, 11) is 0. The van der Waals surface area contributed by atoms with Gasteiger partial charge in [0.05, 0.1) is 0 Å². The molecule has 3 amide bonds. The number of amides is 3. The van der Waals surface area contributed by atoms with Gasteiger partial charge in [-0.05, 0) is 26.7 Å². The maximum Gasteiger partial charge on any atom is 0.408 e. The minimum atomic E-state index is -0.830. The number of ether oxygens (including phenoxy) is 2. The Hall–Kier alpha value is -2.03. The van der Waals surface area contributed by atoms with Gasteiger partial charge in [-0.15, -0.1) is 5.01 Å². The first-order valence-electron chi connectivity index (χ1n) is 8.76. The highest BCUT2D eigenvalue weighted by atomic mass is 16.6. The lowest BCUT2D eigenvalue weighted by atomic mass is 10.3. The van der Waals surface area contributed by atoms with Gasteiger partial charge in [0.25, 0.3) is 0 Å². The second kappa shape index (κ2) is 13.3. The third kappa shape index (κ3) is 11.2. The molecular formula is C16H32N4O5. The highest BCUT2D eigenvalue weighted by Gasteiger charge is 2.26. The second-order valence-corrected chi connectivity index (χ2v) is 5.65. The number of nitrogens with one attached hydrogen (secondary N) is 3. The zero-order chi connectivity index (χ0) is 19.2. The molecule has 0 fully saturated rings. The standard InChI is InChI=1S/C16H32N4O5/c1-6-8-10-17-15(22)24-13(4)20(19-12(3)21)14(5)25-16(23)18-11-9-7-2/h13-14H,6-11H2,1-5H3,(H,17,22)(H,18,23)(H,19,21). The van der Waals surface area contributed by atoms with Crippen molar-refractivity contribution in [2.24, 2.45) is 0 Å². The van der Waals surface area contributed by atoms with E-state index in [-0.39, 0.29) is 5.91 Å². The van der Waals surface area contributed by atoms with E-state index < -0.39 is 24.6 Å². The molecule has 0 aromatic rings. The number of hydrogen-bond acceptors (Lipinski definition) is 6. The number of unbranched alkanes of at least 4 members (excludes halogenated alkanes) is 2. The van der Waals surface area contributed by atoms with E-state index in [1.54, 1.807) is 13.8 Å². The van der Waals surface area contributed by atoms with Gasteiger partial charge in [0.2, 0.25) is 5.91 Å². The Bertz CT molecular complexity index is 389. The molecule has 0 radical (unpaired) electrons. The number of hydrazine groups is 1. The molecule has 0 aliphatic carbocycles. The maximum absolute atomic E-state index is 11.7. The highest BCUT2D eigenvalue weighted by Crippen LogP contribution is 2.06. The summed E-state index contributed by atoms with van der Waals surface area (Å²) in [6.45, 7) is 9.50. The molecule has 0 heterocycles. The van der Waals surface area contributed by atoms with Gasteiger partial charge in [-0.1, -0.05) is 26.7 Å². The van der Waals surface area contributed by atoms with Crippen molar-refractivity contribution in [2.75, 3.05) is 13.1 Å². The summed E-state index contributed by atoms with van der Waals surface area (Å²) >= 11 is 0. The molecule has 2 unspecified atom stereocenters. The average Bonchev–Trinajstić information content (AvgIpc) is 2.52. The number of nitrogens with zero attached hydrogens (tertiary/aromatic N) is 1. The SMILES string of the molecule is CCCCNC(=O)OC(C)N(NC(C)=O)C(C)OC(=O)NCCCC. The van der Waals surface area contributed by atoms with Crippen LogP contribution >= 0.6 is 0 Å². The molecule has 0 spiro atoms. The summed E-state index contributed by atoms with van der Waals surface area (Å²) in [6, 6.07) is 0. The van der Waals surface area contributed by atoms with Crippen molar-refractivity contribution in [3.63, 3.8) is 0 Å². The molecule has 0 bridgehead atoms. The fourth-order valence-electron chi connectivity index (χ4n) is 1.90. The third-order valence-electron chi connectivity index (χ3n) is 3.22. The van der Waals surface area contributed by atoms with Gasteiger partial charge in [0.15, 0.2) is 12.5 Å². The predicted octanol–water partition coefficient (Wildman–Crippen LogP) is 2.08. The molecular weight excluding hydrogens is 328 g/mol. The van der Waals surface area contributed by atoms with Crippen LogP contribution in [0.1, 0.15) is 60.3 Å². The van der Waals surface area contributed by atoms with Gasteiger partial charge in [-0.25, -0.2) is 9.59 Å². The maximum atomic E-state index is 11.7. The van der Waals surface area contributed by atoms with E-state index in [9.17, 15) is 14.4 Å². The van der Waals surface area contributed by atoms with Crippen molar-refractivity contribution in [1.82, 2.24) is 21.1 Å². The van der Waals surface area contributed by atoms with E-state index in [0.717, 1.165) is 25.7 Å². The topological polar surface area (TPSA) is 109 Å².